The van der Waals surface area contributed by atoms with Gasteiger partial charge in [0.1, 0.15) is 6.61 Å². The molecule has 0 fully saturated rings. The molecule has 0 aromatic heterocycles. The van der Waals surface area contributed by atoms with Crippen molar-refractivity contribution in [3.8, 4) is 5.75 Å². The number of carbonyl (C=O) groups excluding carboxylic acids is 1. The van der Waals surface area contributed by atoms with E-state index in [2.05, 4.69) is 10.6 Å². The molecular formula is C14H20N2O3. The lowest BCUT2D eigenvalue weighted by molar-refractivity contribution is 0.0947. The van der Waals surface area contributed by atoms with Gasteiger partial charge < -0.3 is 20.1 Å². The molecular weight excluding hydrogens is 244 g/mol. The van der Waals surface area contributed by atoms with E-state index in [9.17, 15) is 4.79 Å². The number of benzene rings is 1. The van der Waals surface area contributed by atoms with Gasteiger partial charge >= 0.3 is 0 Å². The summed E-state index contributed by atoms with van der Waals surface area (Å²) >= 11 is 0. The zero-order valence-electron chi connectivity index (χ0n) is 11.2. The number of hydrogen-bond donors (Lipinski definition) is 2. The lowest BCUT2D eigenvalue weighted by Gasteiger charge is -2.21. The van der Waals surface area contributed by atoms with Crippen LogP contribution >= 0.6 is 0 Å². The maximum atomic E-state index is 12.1. The molecule has 0 atom stereocenters. The molecule has 104 valence electrons. The van der Waals surface area contributed by atoms with Crippen LogP contribution in [0.15, 0.2) is 18.2 Å². The summed E-state index contributed by atoms with van der Waals surface area (Å²) in [5.74, 6) is 0.570. The van der Waals surface area contributed by atoms with Crippen LogP contribution in [0.1, 0.15) is 23.2 Å². The molecule has 0 unspecified atom stereocenters. The van der Waals surface area contributed by atoms with Crippen molar-refractivity contribution in [2.24, 2.45) is 0 Å². The van der Waals surface area contributed by atoms with Crippen molar-refractivity contribution in [3.05, 3.63) is 23.8 Å². The topological polar surface area (TPSA) is 59.6 Å². The van der Waals surface area contributed by atoms with Gasteiger partial charge in [-0.1, -0.05) is 6.07 Å². The van der Waals surface area contributed by atoms with Crippen molar-refractivity contribution in [1.29, 1.82) is 0 Å². The van der Waals surface area contributed by atoms with E-state index in [4.69, 9.17) is 9.47 Å². The van der Waals surface area contributed by atoms with Crippen LogP contribution in [0.4, 0.5) is 5.69 Å². The Balaban J connectivity index is 1.92. The fraction of sp³-hybridized carbons (Fsp3) is 0.500. The normalized spacial score (nSPS) is 13.1. The Labute approximate surface area is 113 Å². The molecule has 0 radical (unpaired) electrons. The number of amides is 1. The molecule has 2 rings (SSSR count). The monoisotopic (exact) mass is 264 g/mol. The molecule has 1 heterocycles. The standard InChI is InChI=1S/C14H20N2O3/c1-18-9-3-2-7-16-14(17)11-5-4-6-12-13(11)19-10-8-15-12/h4-6,15H,2-3,7-10H2,1H3,(H,16,17). The molecule has 0 saturated carbocycles. The van der Waals surface area contributed by atoms with E-state index in [0.717, 1.165) is 31.7 Å². The maximum Gasteiger partial charge on any atom is 0.255 e. The van der Waals surface area contributed by atoms with Crippen LogP contribution in [0.25, 0.3) is 0 Å². The summed E-state index contributed by atoms with van der Waals surface area (Å²) in [5, 5.41) is 6.13. The first kappa shape index (κ1) is 13.7. The Morgan fingerprint density at radius 1 is 1.47 bits per heavy atom. The van der Waals surface area contributed by atoms with Crippen molar-refractivity contribution in [2.45, 2.75) is 12.8 Å². The predicted molar refractivity (Wildman–Crippen MR) is 73.9 cm³/mol. The lowest BCUT2D eigenvalue weighted by Crippen LogP contribution is -2.27. The third kappa shape index (κ3) is 3.61. The largest absolute Gasteiger partial charge is 0.489 e. The van der Waals surface area contributed by atoms with E-state index in [1.165, 1.54) is 0 Å². The highest BCUT2D eigenvalue weighted by atomic mass is 16.5. The van der Waals surface area contributed by atoms with Gasteiger partial charge in [0.25, 0.3) is 5.91 Å². The number of carbonyl (C=O) groups is 1. The Bertz CT molecular complexity index is 435. The third-order valence-electron chi connectivity index (χ3n) is 2.98. The van der Waals surface area contributed by atoms with Gasteiger partial charge in [0.2, 0.25) is 0 Å². The molecule has 19 heavy (non-hydrogen) atoms. The number of hydrogen-bond acceptors (Lipinski definition) is 4. The van der Waals surface area contributed by atoms with Gasteiger partial charge in [-0.05, 0) is 25.0 Å². The zero-order valence-corrected chi connectivity index (χ0v) is 11.2. The second-order valence-corrected chi connectivity index (χ2v) is 4.41. The van der Waals surface area contributed by atoms with Crippen LogP contribution in [0.5, 0.6) is 5.75 Å². The first-order valence-electron chi connectivity index (χ1n) is 6.59. The molecule has 2 N–H and O–H groups in total. The van der Waals surface area contributed by atoms with Gasteiger partial charge in [-0.25, -0.2) is 0 Å². The molecule has 5 nitrogen and oxygen atoms in total. The van der Waals surface area contributed by atoms with E-state index in [1.807, 2.05) is 12.1 Å². The molecule has 1 aliphatic heterocycles. The molecule has 0 spiro atoms. The maximum absolute atomic E-state index is 12.1. The smallest absolute Gasteiger partial charge is 0.255 e. The number of ether oxygens (including phenoxy) is 2. The second kappa shape index (κ2) is 6.99. The summed E-state index contributed by atoms with van der Waals surface area (Å²) in [6, 6.07) is 5.57. The van der Waals surface area contributed by atoms with Gasteiger partial charge in [0, 0.05) is 26.8 Å². The Kier molecular flexibility index (Phi) is 5.03. The van der Waals surface area contributed by atoms with Gasteiger partial charge in [0.15, 0.2) is 5.75 Å². The SMILES string of the molecule is COCCCCNC(=O)c1cccc2c1OCCN2. The molecule has 0 saturated heterocycles. The van der Waals surface area contributed by atoms with E-state index in [1.54, 1.807) is 13.2 Å². The van der Waals surface area contributed by atoms with Crippen LogP contribution in [0, 0.1) is 0 Å². The summed E-state index contributed by atoms with van der Waals surface area (Å²) in [5.41, 5.74) is 1.48. The first-order valence-corrected chi connectivity index (χ1v) is 6.59. The fourth-order valence-electron chi connectivity index (χ4n) is 2.02. The molecule has 1 amide bonds. The van der Waals surface area contributed by atoms with Crippen LogP contribution in [-0.2, 0) is 4.74 Å². The number of para-hydroxylation sites is 1. The average molecular weight is 264 g/mol. The first-order chi connectivity index (χ1) is 9.33. The summed E-state index contributed by atoms with van der Waals surface area (Å²) in [4.78, 5) is 12.1. The third-order valence-corrected chi connectivity index (χ3v) is 2.98. The van der Waals surface area contributed by atoms with Crippen molar-refractivity contribution in [2.75, 3.05) is 38.7 Å². The van der Waals surface area contributed by atoms with E-state index in [-0.39, 0.29) is 5.91 Å². The average Bonchev–Trinajstić information content (AvgIpc) is 2.46. The summed E-state index contributed by atoms with van der Waals surface area (Å²) in [6.07, 6.45) is 1.86. The minimum absolute atomic E-state index is 0.0852. The van der Waals surface area contributed by atoms with Gasteiger partial charge in [-0.2, -0.15) is 0 Å². The summed E-state index contributed by atoms with van der Waals surface area (Å²) in [7, 11) is 1.68. The highest BCUT2D eigenvalue weighted by molar-refractivity contribution is 5.98. The highest BCUT2D eigenvalue weighted by Crippen LogP contribution is 2.30. The molecule has 5 heteroatoms. The second-order valence-electron chi connectivity index (χ2n) is 4.41. The zero-order chi connectivity index (χ0) is 13.5. The summed E-state index contributed by atoms with van der Waals surface area (Å²) < 4.78 is 10.5. The molecule has 0 bridgehead atoms. The number of unbranched alkanes of at least 4 members (excludes halogenated alkanes) is 1. The van der Waals surface area contributed by atoms with E-state index >= 15 is 0 Å². The van der Waals surface area contributed by atoms with Crippen molar-refractivity contribution in [3.63, 3.8) is 0 Å². The number of rotatable bonds is 6. The predicted octanol–water partition coefficient (Wildman–Crippen LogP) is 1.65. The minimum Gasteiger partial charge on any atom is -0.489 e. The van der Waals surface area contributed by atoms with Gasteiger partial charge in [-0.15, -0.1) is 0 Å². The van der Waals surface area contributed by atoms with Crippen molar-refractivity contribution in [1.82, 2.24) is 5.32 Å². The van der Waals surface area contributed by atoms with E-state index in [0.29, 0.717) is 24.5 Å². The quantitative estimate of drug-likeness (QED) is 0.767. The fourth-order valence-corrected chi connectivity index (χ4v) is 2.02. The number of methoxy groups -OCH3 is 1. The van der Waals surface area contributed by atoms with Crippen LogP contribution in [0.3, 0.4) is 0 Å². The van der Waals surface area contributed by atoms with Crippen molar-refractivity contribution < 1.29 is 14.3 Å². The number of fused-ring (bicyclic) bond motifs is 1. The van der Waals surface area contributed by atoms with Gasteiger partial charge in [-0.3, -0.25) is 4.79 Å². The molecule has 1 aliphatic rings. The Morgan fingerprint density at radius 2 is 2.37 bits per heavy atom. The molecule has 0 aliphatic carbocycles. The van der Waals surface area contributed by atoms with E-state index < -0.39 is 0 Å². The van der Waals surface area contributed by atoms with Crippen LogP contribution in [-0.4, -0.2) is 39.3 Å². The Morgan fingerprint density at radius 3 is 3.21 bits per heavy atom. The summed E-state index contributed by atoms with van der Waals surface area (Å²) in [6.45, 7) is 2.74. The number of nitrogens with one attached hydrogen (secondary N) is 2. The van der Waals surface area contributed by atoms with Crippen LogP contribution < -0.4 is 15.4 Å². The lowest BCUT2D eigenvalue weighted by atomic mass is 10.1. The van der Waals surface area contributed by atoms with Crippen LogP contribution in [0.2, 0.25) is 0 Å². The van der Waals surface area contributed by atoms with Gasteiger partial charge in [0.05, 0.1) is 11.3 Å². The highest BCUT2D eigenvalue weighted by Gasteiger charge is 2.18. The number of anilines is 1. The Hall–Kier alpha value is -1.75. The van der Waals surface area contributed by atoms with Crippen molar-refractivity contribution >= 4 is 11.6 Å². The molecule has 1 aromatic carbocycles. The molecule has 1 aromatic rings. The minimum atomic E-state index is -0.0852.